The zero-order valence-corrected chi connectivity index (χ0v) is 11.6. The fourth-order valence-electron chi connectivity index (χ4n) is 3.11. The molecule has 1 amide bonds. The third kappa shape index (κ3) is 2.48. The molecule has 0 spiro atoms. The Morgan fingerprint density at radius 1 is 1.25 bits per heavy atom. The van der Waals surface area contributed by atoms with Crippen molar-refractivity contribution in [1.29, 1.82) is 0 Å². The molecule has 0 bridgehead atoms. The summed E-state index contributed by atoms with van der Waals surface area (Å²) in [5, 5.41) is 3.98. The number of nitrogens with zero attached hydrogens (tertiary/aromatic N) is 1. The first-order chi connectivity index (χ1) is 9.78. The molecule has 0 radical (unpaired) electrons. The number of hydrogen-bond donors (Lipinski definition) is 1. The molecule has 1 aromatic heterocycles. The van der Waals surface area contributed by atoms with Crippen LogP contribution in [0.25, 0.3) is 10.9 Å². The average Bonchev–Trinajstić information content (AvgIpc) is 2.91. The first-order valence-corrected chi connectivity index (χ1v) is 7.32. The summed E-state index contributed by atoms with van der Waals surface area (Å²) in [5.41, 5.74) is 2.08. The number of benzene rings is 1. The van der Waals surface area contributed by atoms with Crippen molar-refractivity contribution in [2.75, 3.05) is 5.32 Å². The molecule has 1 N–H and O–H groups in total. The molecule has 20 heavy (non-hydrogen) atoms. The third-order valence-electron chi connectivity index (χ3n) is 4.14. The van der Waals surface area contributed by atoms with E-state index in [2.05, 4.69) is 34.8 Å². The summed E-state index contributed by atoms with van der Waals surface area (Å²) >= 11 is 0. The van der Waals surface area contributed by atoms with E-state index in [4.69, 9.17) is 0 Å². The second-order valence-electron chi connectivity index (χ2n) is 5.48. The summed E-state index contributed by atoms with van der Waals surface area (Å²) in [5.74, 6) is -0.170. The summed E-state index contributed by atoms with van der Waals surface area (Å²) in [6, 6.07) is 8.85. The molecule has 3 nitrogen and oxygen atoms in total. The quantitative estimate of drug-likeness (QED) is 0.829. The summed E-state index contributed by atoms with van der Waals surface area (Å²) in [6.07, 6.45) is 10.1. The first kappa shape index (κ1) is 13.0. The van der Waals surface area contributed by atoms with Crippen LogP contribution in [-0.2, 0) is 4.79 Å². The Morgan fingerprint density at radius 2 is 2.05 bits per heavy atom. The maximum absolute atomic E-state index is 11.3. The van der Waals surface area contributed by atoms with Gasteiger partial charge in [0.1, 0.15) is 0 Å². The molecule has 1 aromatic carbocycles. The van der Waals surface area contributed by atoms with E-state index in [1.54, 1.807) is 0 Å². The molecule has 0 atom stereocenters. The van der Waals surface area contributed by atoms with Crippen LogP contribution in [0.5, 0.6) is 0 Å². The third-order valence-corrected chi connectivity index (χ3v) is 4.14. The number of anilines is 1. The van der Waals surface area contributed by atoms with Gasteiger partial charge >= 0.3 is 0 Å². The molecule has 1 saturated carbocycles. The van der Waals surface area contributed by atoms with Gasteiger partial charge in [-0.05, 0) is 43.2 Å². The molecule has 1 fully saturated rings. The predicted molar refractivity (Wildman–Crippen MR) is 82.9 cm³/mol. The minimum absolute atomic E-state index is 0.170. The number of amides is 1. The van der Waals surface area contributed by atoms with Gasteiger partial charge in [0.15, 0.2) is 0 Å². The maximum atomic E-state index is 11.3. The van der Waals surface area contributed by atoms with Gasteiger partial charge in [-0.1, -0.05) is 25.8 Å². The van der Waals surface area contributed by atoms with Gasteiger partial charge in [-0.3, -0.25) is 4.79 Å². The van der Waals surface area contributed by atoms with Crippen molar-refractivity contribution < 1.29 is 4.79 Å². The van der Waals surface area contributed by atoms with Crippen LogP contribution < -0.4 is 5.32 Å². The number of carbonyl (C=O) groups is 1. The standard InChI is InChI=1S/C17H20N2O/c1-2-17(20)18-14-8-9-16-13(12-14)10-11-19(16)15-6-4-3-5-7-15/h2,8-12,15H,1,3-7H2,(H,18,20). The molecule has 1 aliphatic carbocycles. The Balaban J connectivity index is 1.89. The Hall–Kier alpha value is -2.03. The molecule has 0 saturated heterocycles. The number of fused-ring (bicyclic) bond motifs is 1. The molecule has 3 rings (SSSR count). The molecule has 3 heteroatoms. The van der Waals surface area contributed by atoms with Crippen LogP contribution in [0.4, 0.5) is 5.69 Å². The highest BCUT2D eigenvalue weighted by Crippen LogP contribution is 2.32. The minimum atomic E-state index is -0.170. The van der Waals surface area contributed by atoms with E-state index in [0.717, 1.165) is 5.69 Å². The number of hydrogen-bond acceptors (Lipinski definition) is 1. The van der Waals surface area contributed by atoms with Crippen LogP contribution in [0.3, 0.4) is 0 Å². The topological polar surface area (TPSA) is 34.0 Å². The van der Waals surface area contributed by atoms with Crippen LogP contribution >= 0.6 is 0 Å². The van der Waals surface area contributed by atoms with Crippen LogP contribution in [0.15, 0.2) is 43.1 Å². The van der Waals surface area contributed by atoms with Gasteiger partial charge in [0.05, 0.1) is 0 Å². The van der Waals surface area contributed by atoms with Gasteiger partial charge in [0.25, 0.3) is 0 Å². The molecule has 0 aliphatic heterocycles. The Labute approximate surface area is 119 Å². The van der Waals surface area contributed by atoms with Crippen molar-refractivity contribution in [2.45, 2.75) is 38.1 Å². The van der Waals surface area contributed by atoms with Gasteiger partial charge < -0.3 is 9.88 Å². The lowest BCUT2D eigenvalue weighted by Crippen LogP contribution is -2.11. The summed E-state index contributed by atoms with van der Waals surface area (Å²) in [7, 11) is 0. The smallest absolute Gasteiger partial charge is 0.247 e. The normalized spacial score (nSPS) is 16.2. The van der Waals surface area contributed by atoms with E-state index >= 15 is 0 Å². The van der Waals surface area contributed by atoms with Crippen molar-refractivity contribution in [3.8, 4) is 0 Å². The van der Waals surface area contributed by atoms with Gasteiger partial charge in [-0.15, -0.1) is 0 Å². The molecular formula is C17H20N2O. The second kappa shape index (κ2) is 5.53. The number of rotatable bonds is 3. The molecular weight excluding hydrogens is 248 g/mol. The van der Waals surface area contributed by atoms with Crippen LogP contribution in [-0.4, -0.2) is 10.5 Å². The fraction of sp³-hybridized carbons (Fsp3) is 0.353. The summed E-state index contributed by atoms with van der Waals surface area (Å²) in [4.78, 5) is 11.3. The van der Waals surface area contributed by atoms with E-state index in [9.17, 15) is 4.79 Å². The monoisotopic (exact) mass is 268 g/mol. The first-order valence-electron chi connectivity index (χ1n) is 7.32. The number of aromatic nitrogens is 1. The summed E-state index contributed by atoms with van der Waals surface area (Å²) in [6.45, 7) is 3.47. The zero-order valence-electron chi connectivity index (χ0n) is 11.6. The molecule has 104 valence electrons. The minimum Gasteiger partial charge on any atom is -0.344 e. The van der Waals surface area contributed by atoms with Crippen molar-refractivity contribution in [2.24, 2.45) is 0 Å². The van der Waals surface area contributed by atoms with E-state index in [-0.39, 0.29) is 5.91 Å². The number of carbonyl (C=O) groups excluding carboxylic acids is 1. The lowest BCUT2D eigenvalue weighted by atomic mass is 9.95. The fourth-order valence-corrected chi connectivity index (χ4v) is 3.11. The second-order valence-corrected chi connectivity index (χ2v) is 5.48. The summed E-state index contributed by atoms with van der Waals surface area (Å²) < 4.78 is 2.40. The van der Waals surface area contributed by atoms with Crippen molar-refractivity contribution in [3.05, 3.63) is 43.1 Å². The highest BCUT2D eigenvalue weighted by atomic mass is 16.1. The predicted octanol–water partition coefficient (Wildman–Crippen LogP) is 4.27. The van der Waals surface area contributed by atoms with Crippen molar-refractivity contribution >= 4 is 22.5 Å². The highest BCUT2D eigenvalue weighted by Gasteiger charge is 2.16. The molecule has 1 aliphatic rings. The Morgan fingerprint density at radius 3 is 2.80 bits per heavy atom. The van der Waals surface area contributed by atoms with Crippen LogP contribution in [0.2, 0.25) is 0 Å². The van der Waals surface area contributed by atoms with Gasteiger partial charge in [0, 0.05) is 28.8 Å². The molecule has 0 unspecified atom stereocenters. The average molecular weight is 268 g/mol. The highest BCUT2D eigenvalue weighted by molar-refractivity contribution is 6.00. The Bertz CT molecular complexity index is 635. The lowest BCUT2D eigenvalue weighted by Gasteiger charge is -2.24. The Kier molecular flexibility index (Phi) is 3.59. The SMILES string of the molecule is C=CC(=O)Nc1ccc2c(ccn2C2CCCCC2)c1. The largest absolute Gasteiger partial charge is 0.344 e. The molecule has 1 heterocycles. The van der Waals surface area contributed by atoms with Gasteiger partial charge in [0.2, 0.25) is 5.91 Å². The lowest BCUT2D eigenvalue weighted by molar-refractivity contribution is -0.111. The van der Waals surface area contributed by atoms with Crippen LogP contribution in [0.1, 0.15) is 38.1 Å². The van der Waals surface area contributed by atoms with Gasteiger partial charge in [-0.2, -0.15) is 0 Å². The van der Waals surface area contributed by atoms with Crippen molar-refractivity contribution in [3.63, 3.8) is 0 Å². The van der Waals surface area contributed by atoms with E-state index < -0.39 is 0 Å². The van der Waals surface area contributed by atoms with Crippen molar-refractivity contribution in [1.82, 2.24) is 4.57 Å². The van der Waals surface area contributed by atoms with Gasteiger partial charge in [-0.25, -0.2) is 0 Å². The van der Waals surface area contributed by atoms with E-state index in [0.29, 0.717) is 6.04 Å². The van der Waals surface area contributed by atoms with E-state index in [1.807, 2.05) is 12.1 Å². The number of nitrogens with one attached hydrogen (secondary N) is 1. The van der Waals surface area contributed by atoms with E-state index in [1.165, 1.54) is 49.1 Å². The molecule has 2 aromatic rings. The maximum Gasteiger partial charge on any atom is 0.247 e. The van der Waals surface area contributed by atoms with Crippen LogP contribution in [0, 0.1) is 0 Å². The zero-order chi connectivity index (χ0) is 13.9.